The first-order chi connectivity index (χ1) is 14.6. The number of nitrogens with two attached hydrogens (primary N) is 1. The van der Waals surface area contributed by atoms with Crippen LogP contribution >= 0.6 is 0 Å². The maximum absolute atomic E-state index is 15.0. The smallest absolute Gasteiger partial charge is 0.307 e. The molecule has 1 heterocycles. The van der Waals surface area contributed by atoms with Crippen molar-refractivity contribution in [3.8, 4) is 16.9 Å². The van der Waals surface area contributed by atoms with Crippen molar-refractivity contribution in [3.63, 3.8) is 0 Å². The Morgan fingerprint density at radius 2 is 1.90 bits per heavy atom. The average Bonchev–Trinajstić information content (AvgIpc) is 3.21. The standard InChI is InChI=1S/C23H20FN3O3/c24-23-16(11-25)5-3-6-17(23)18-8-14(9-20-19(18)12-26-27-20)13-30-21-7-2-1-4-15(21)10-22(28)29/h1-9,12H,10-11,13,25H2,(H,26,27)(H,28,29). The SMILES string of the molecule is NCc1cccc(-c2cc(COc3ccccc3CC(=O)O)cc3[nH]ncc23)c1F. The lowest BCUT2D eigenvalue weighted by molar-refractivity contribution is -0.136. The first kappa shape index (κ1) is 19.6. The number of rotatable bonds is 7. The lowest BCUT2D eigenvalue weighted by Gasteiger charge is -2.13. The van der Waals surface area contributed by atoms with E-state index in [9.17, 15) is 9.18 Å². The minimum Gasteiger partial charge on any atom is -0.489 e. The van der Waals surface area contributed by atoms with Gasteiger partial charge in [0.1, 0.15) is 18.2 Å². The van der Waals surface area contributed by atoms with Gasteiger partial charge in [-0.15, -0.1) is 0 Å². The lowest BCUT2D eigenvalue weighted by atomic mass is 9.97. The van der Waals surface area contributed by atoms with Crippen LogP contribution < -0.4 is 10.5 Å². The Morgan fingerprint density at radius 1 is 1.10 bits per heavy atom. The van der Waals surface area contributed by atoms with E-state index in [-0.39, 0.29) is 25.4 Å². The summed E-state index contributed by atoms with van der Waals surface area (Å²) in [5, 5.41) is 16.9. The fourth-order valence-corrected chi connectivity index (χ4v) is 3.48. The molecule has 1 aromatic heterocycles. The van der Waals surface area contributed by atoms with Gasteiger partial charge in [0.25, 0.3) is 0 Å². The Balaban J connectivity index is 1.70. The molecule has 6 nitrogen and oxygen atoms in total. The number of aromatic amines is 1. The fourth-order valence-electron chi connectivity index (χ4n) is 3.48. The molecule has 0 bridgehead atoms. The van der Waals surface area contributed by atoms with Crippen LogP contribution in [0.15, 0.2) is 60.8 Å². The third-order valence-corrected chi connectivity index (χ3v) is 4.92. The number of para-hydroxylation sites is 1. The fraction of sp³-hybridized carbons (Fsp3) is 0.130. The van der Waals surface area contributed by atoms with Gasteiger partial charge in [-0.3, -0.25) is 9.89 Å². The predicted octanol–water partition coefficient (Wildman–Crippen LogP) is 4.03. The number of hydrogen-bond acceptors (Lipinski definition) is 4. The van der Waals surface area contributed by atoms with Gasteiger partial charge in [-0.05, 0) is 29.3 Å². The van der Waals surface area contributed by atoms with Crippen LogP contribution in [0.2, 0.25) is 0 Å². The van der Waals surface area contributed by atoms with E-state index in [4.69, 9.17) is 15.6 Å². The van der Waals surface area contributed by atoms with Gasteiger partial charge in [0.05, 0.1) is 18.1 Å². The normalized spacial score (nSPS) is 11.0. The van der Waals surface area contributed by atoms with Gasteiger partial charge in [0.2, 0.25) is 0 Å². The molecule has 0 amide bonds. The molecule has 0 fully saturated rings. The molecule has 7 heteroatoms. The molecular weight excluding hydrogens is 385 g/mol. The van der Waals surface area contributed by atoms with E-state index in [1.807, 2.05) is 12.1 Å². The Bertz CT molecular complexity index is 1220. The summed E-state index contributed by atoms with van der Waals surface area (Å²) >= 11 is 0. The number of aliphatic carboxylic acids is 1. The van der Waals surface area contributed by atoms with Gasteiger partial charge in [0.15, 0.2) is 0 Å². The second-order valence-electron chi connectivity index (χ2n) is 6.92. The summed E-state index contributed by atoms with van der Waals surface area (Å²) in [6.07, 6.45) is 1.53. The Morgan fingerprint density at radius 3 is 2.70 bits per heavy atom. The van der Waals surface area contributed by atoms with Crippen molar-refractivity contribution in [1.29, 1.82) is 0 Å². The monoisotopic (exact) mass is 405 g/mol. The predicted molar refractivity (Wildman–Crippen MR) is 111 cm³/mol. The molecule has 0 unspecified atom stereocenters. The molecule has 4 aromatic rings. The van der Waals surface area contributed by atoms with Gasteiger partial charge in [0, 0.05) is 28.6 Å². The topological polar surface area (TPSA) is 101 Å². The van der Waals surface area contributed by atoms with Crippen molar-refractivity contribution in [2.24, 2.45) is 5.73 Å². The number of halogens is 1. The summed E-state index contributed by atoms with van der Waals surface area (Å²) in [4.78, 5) is 11.1. The zero-order valence-electron chi connectivity index (χ0n) is 16.1. The second kappa shape index (κ2) is 8.34. The van der Waals surface area contributed by atoms with Gasteiger partial charge >= 0.3 is 5.97 Å². The van der Waals surface area contributed by atoms with Crippen LogP contribution in [0.25, 0.3) is 22.0 Å². The highest BCUT2D eigenvalue weighted by molar-refractivity contribution is 5.95. The molecule has 4 N–H and O–H groups in total. The average molecular weight is 405 g/mol. The zero-order valence-corrected chi connectivity index (χ0v) is 16.1. The Hall–Kier alpha value is -3.71. The Labute approximate surface area is 172 Å². The van der Waals surface area contributed by atoms with Crippen LogP contribution in [0.5, 0.6) is 5.75 Å². The van der Waals surface area contributed by atoms with Crippen molar-refractivity contribution in [1.82, 2.24) is 10.2 Å². The van der Waals surface area contributed by atoms with Gasteiger partial charge in [-0.2, -0.15) is 5.10 Å². The van der Waals surface area contributed by atoms with Gasteiger partial charge in [-0.25, -0.2) is 4.39 Å². The van der Waals surface area contributed by atoms with E-state index in [1.54, 1.807) is 48.7 Å². The molecule has 0 radical (unpaired) electrons. The molecule has 0 saturated heterocycles. The van der Waals surface area contributed by atoms with E-state index >= 15 is 0 Å². The highest BCUT2D eigenvalue weighted by Gasteiger charge is 2.15. The molecule has 4 rings (SSSR count). The molecule has 3 aromatic carbocycles. The summed E-state index contributed by atoms with van der Waals surface area (Å²) in [6, 6.07) is 15.9. The van der Waals surface area contributed by atoms with Gasteiger partial charge in [-0.1, -0.05) is 36.4 Å². The summed E-state index contributed by atoms with van der Waals surface area (Å²) < 4.78 is 20.9. The molecule has 0 atom stereocenters. The number of aromatic nitrogens is 2. The molecule has 0 aliphatic rings. The number of nitrogens with one attached hydrogen (secondary N) is 1. The van der Waals surface area contributed by atoms with Crippen molar-refractivity contribution in [2.75, 3.05) is 0 Å². The lowest BCUT2D eigenvalue weighted by Crippen LogP contribution is -2.04. The molecule has 0 saturated carbocycles. The molecular formula is C23H20FN3O3. The minimum atomic E-state index is -0.928. The number of fused-ring (bicyclic) bond motifs is 1. The van der Waals surface area contributed by atoms with Crippen molar-refractivity contribution in [3.05, 3.63) is 83.3 Å². The first-order valence-electron chi connectivity index (χ1n) is 9.43. The third-order valence-electron chi connectivity index (χ3n) is 4.92. The van der Waals surface area contributed by atoms with E-state index < -0.39 is 5.97 Å². The van der Waals surface area contributed by atoms with Crippen LogP contribution in [0.3, 0.4) is 0 Å². The quantitative estimate of drug-likeness (QED) is 0.431. The maximum atomic E-state index is 15.0. The van der Waals surface area contributed by atoms with Crippen molar-refractivity contribution >= 4 is 16.9 Å². The first-order valence-corrected chi connectivity index (χ1v) is 9.43. The number of carboxylic acid groups (broad SMARTS) is 1. The Kier molecular flexibility index (Phi) is 5.45. The van der Waals surface area contributed by atoms with Crippen LogP contribution in [-0.2, 0) is 24.4 Å². The van der Waals surface area contributed by atoms with Crippen LogP contribution in [-0.4, -0.2) is 21.3 Å². The number of carbonyl (C=O) groups is 1. The maximum Gasteiger partial charge on any atom is 0.307 e. The number of nitrogens with zero attached hydrogens (tertiary/aromatic N) is 1. The molecule has 0 aliphatic heterocycles. The highest BCUT2D eigenvalue weighted by atomic mass is 19.1. The number of carboxylic acids is 1. The highest BCUT2D eigenvalue weighted by Crippen LogP contribution is 2.32. The summed E-state index contributed by atoms with van der Waals surface area (Å²) in [7, 11) is 0. The minimum absolute atomic E-state index is 0.108. The number of H-pyrrole nitrogens is 1. The largest absolute Gasteiger partial charge is 0.489 e. The zero-order chi connectivity index (χ0) is 21.1. The molecule has 30 heavy (non-hydrogen) atoms. The number of ether oxygens (including phenoxy) is 1. The number of hydrogen-bond donors (Lipinski definition) is 3. The summed E-state index contributed by atoms with van der Waals surface area (Å²) in [6.45, 7) is 0.300. The van der Waals surface area contributed by atoms with Crippen LogP contribution in [0.1, 0.15) is 16.7 Å². The van der Waals surface area contributed by atoms with E-state index in [2.05, 4.69) is 10.2 Å². The summed E-state index contributed by atoms with van der Waals surface area (Å²) in [5.74, 6) is -0.780. The van der Waals surface area contributed by atoms with Crippen molar-refractivity contribution < 1.29 is 19.0 Å². The van der Waals surface area contributed by atoms with E-state index in [0.29, 0.717) is 28.0 Å². The third kappa shape index (κ3) is 3.88. The second-order valence-corrected chi connectivity index (χ2v) is 6.92. The number of benzene rings is 3. The molecule has 0 aliphatic carbocycles. The molecule has 152 valence electrons. The van der Waals surface area contributed by atoms with Crippen molar-refractivity contribution in [2.45, 2.75) is 19.6 Å². The summed E-state index contributed by atoms with van der Waals surface area (Å²) in [5.41, 5.74) is 9.37. The van der Waals surface area contributed by atoms with E-state index in [1.165, 1.54) is 0 Å². The van der Waals surface area contributed by atoms with Crippen LogP contribution in [0.4, 0.5) is 4.39 Å². The molecule has 0 spiro atoms. The van der Waals surface area contributed by atoms with E-state index in [0.717, 1.165) is 16.5 Å². The van der Waals surface area contributed by atoms with Gasteiger partial charge < -0.3 is 15.6 Å². The van der Waals surface area contributed by atoms with Crippen LogP contribution in [0, 0.1) is 5.82 Å².